The van der Waals surface area contributed by atoms with Crippen LogP contribution >= 0.6 is 15.9 Å². The van der Waals surface area contributed by atoms with Crippen molar-refractivity contribution in [1.82, 2.24) is 9.88 Å². The van der Waals surface area contributed by atoms with Crippen molar-refractivity contribution in [3.63, 3.8) is 0 Å². The third kappa shape index (κ3) is 3.35. The van der Waals surface area contributed by atoms with Crippen LogP contribution in [0.3, 0.4) is 0 Å². The highest BCUT2D eigenvalue weighted by atomic mass is 79.9. The minimum atomic E-state index is 0.714. The van der Waals surface area contributed by atoms with E-state index in [0.29, 0.717) is 5.75 Å². The molecule has 5 heteroatoms. The first-order valence-corrected chi connectivity index (χ1v) is 6.15. The highest BCUT2D eigenvalue weighted by Gasteiger charge is 2.12. The quantitative estimate of drug-likeness (QED) is 0.749. The van der Waals surface area contributed by atoms with Crippen molar-refractivity contribution in [2.24, 2.45) is 0 Å². The van der Waals surface area contributed by atoms with E-state index in [4.69, 9.17) is 9.47 Å². The third-order valence-corrected chi connectivity index (χ3v) is 2.61. The highest BCUT2D eigenvalue weighted by Crippen LogP contribution is 2.29. The molecule has 0 fully saturated rings. The molecule has 90 valence electrons. The predicted octanol–water partition coefficient (Wildman–Crippen LogP) is 1.93. The lowest BCUT2D eigenvalue weighted by atomic mass is 10.3. The summed E-state index contributed by atoms with van der Waals surface area (Å²) >= 11 is 3.41. The molecule has 0 aliphatic rings. The fourth-order valence-corrected chi connectivity index (χ4v) is 2.05. The number of hydrogen-bond donors (Lipinski definition) is 0. The number of nitrogens with zero attached hydrogens (tertiary/aromatic N) is 2. The van der Waals surface area contributed by atoms with Crippen molar-refractivity contribution in [3.05, 3.63) is 18.0 Å². The van der Waals surface area contributed by atoms with Gasteiger partial charge in [0.25, 0.3) is 0 Å². The fraction of sp³-hybridized carbons (Fsp3) is 0.545. The van der Waals surface area contributed by atoms with Crippen molar-refractivity contribution in [2.75, 3.05) is 33.1 Å². The van der Waals surface area contributed by atoms with E-state index in [9.17, 15) is 0 Å². The van der Waals surface area contributed by atoms with Crippen molar-refractivity contribution >= 4 is 15.9 Å². The zero-order valence-electron chi connectivity index (χ0n) is 9.86. The molecule has 0 aliphatic heterocycles. The van der Waals surface area contributed by atoms with Gasteiger partial charge >= 0.3 is 0 Å². The van der Waals surface area contributed by atoms with Crippen LogP contribution in [0.25, 0.3) is 0 Å². The second-order valence-corrected chi connectivity index (χ2v) is 4.21. The molecular formula is C11H17BrN2O2. The van der Waals surface area contributed by atoms with Gasteiger partial charge in [0.15, 0.2) is 11.5 Å². The molecule has 0 radical (unpaired) electrons. The van der Waals surface area contributed by atoms with E-state index < -0.39 is 0 Å². The molecule has 4 nitrogen and oxygen atoms in total. The Morgan fingerprint density at radius 3 is 2.69 bits per heavy atom. The largest absolute Gasteiger partial charge is 0.493 e. The van der Waals surface area contributed by atoms with Gasteiger partial charge in [0.05, 0.1) is 14.2 Å². The Balaban J connectivity index is 2.86. The Morgan fingerprint density at radius 1 is 1.38 bits per heavy atom. The van der Waals surface area contributed by atoms with E-state index in [1.807, 2.05) is 7.05 Å². The van der Waals surface area contributed by atoms with Gasteiger partial charge in [-0.2, -0.15) is 0 Å². The highest BCUT2D eigenvalue weighted by molar-refractivity contribution is 9.09. The number of alkyl halides is 1. The van der Waals surface area contributed by atoms with Gasteiger partial charge in [-0.3, -0.25) is 9.88 Å². The van der Waals surface area contributed by atoms with Gasteiger partial charge in [0.2, 0.25) is 0 Å². The Labute approximate surface area is 105 Å². The second kappa shape index (κ2) is 6.70. The Bertz CT molecular complexity index is 334. The molecule has 0 saturated carbocycles. The van der Waals surface area contributed by atoms with Gasteiger partial charge in [-0.25, -0.2) is 0 Å². The number of methoxy groups -OCH3 is 2. The van der Waals surface area contributed by atoms with Crippen LogP contribution in [-0.4, -0.2) is 43.0 Å². The van der Waals surface area contributed by atoms with Gasteiger partial charge < -0.3 is 9.47 Å². The number of pyridine rings is 1. The molecule has 0 saturated heterocycles. The summed E-state index contributed by atoms with van der Waals surface area (Å²) in [6, 6.07) is 1.80. The molecule has 16 heavy (non-hydrogen) atoms. The van der Waals surface area contributed by atoms with Gasteiger partial charge in [-0.05, 0) is 7.05 Å². The molecule has 1 aromatic heterocycles. The Hall–Kier alpha value is -0.810. The maximum Gasteiger partial charge on any atom is 0.183 e. The summed E-state index contributed by atoms with van der Waals surface area (Å²) in [5.41, 5.74) is 0.894. The maximum absolute atomic E-state index is 5.32. The molecule has 0 amide bonds. The fourth-order valence-electron chi connectivity index (χ4n) is 1.44. The lowest BCUT2D eigenvalue weighted by Gasteiger charge is -2.17. The molecule has 1 rings (SSSR count). The zero-order chi connectivity index (χ0) is 12.0. The van der Waals surface area contributed by atoms with Crippen molar-refractivity contribution in [1.29, 1.82) is 0 Å². The summed E-state index contributed by atoms with van der Waals surface area (Å²) in [5, 5.41) is 0.940. The minimum Gasteiger partial charge on any atom is -0.493 e. The van der Waals surface area contributed by atoms with Gasteiger partial charge in [-0.15, -0.1) is 0 Å². The van der Waals surface area contributed by atoms with E-state index in [1.165, 1.54) is 0 Å². The first-order chi connectivity index (χ1) is 7.72. The number of aromatic nitrogens is 1. The summed E-state index contributed by atoms with van der Waals surface area (Å²) in [5.74, 6) is 1.44. The van der Waals surface area contributed by atoms with Crippen LogP contribution in [0.1, 0.15) is 5.69 Å². The molecule has 1 heterocycles. The van der Waals surface area contributed by atoms with Crippen LogP contribution in [0.2, 0.25) is 0 Å². The molecule has 1 aromatic rings. The van der Waals surface area contributed by atoms with Gasteiger partial charge in [0.1, 0.15) is 5.69 Å². The first kappa shape index (κ1) is 13.3. The normalized spacial score (nSPS) is 10.6. The van der Waals surface area contributed by atoms with E-state index in [2.05, 4.69) is 25.8 Å². The average Bonchev–Trinajstić information content (AvgIpc) is 2.29. The maximum atomic E-state index is 5.32. The molecule has 0 unspecified atom stereocenters. The summed E-state index contributed by atoms with van der Waals surface area (Å²) < 4.78 is 10.5. The van der Waals surface area contributed by atoms with Crippen molar-refractivity contribution < 1.29 is 9.47 Å². The van der Waals surface area contributed by atoms with Crippen LogP contribution in [0.5, 0.6) is 11.5 Å². The van der Waals surface area contributed by atoms with Crippen LogP contribution in [0, 0.1) is 0 Å². The van der Waals surface area contributed by atoms with E-state index in [0.717, 1.165) is 29.9 Å². The van der Waals surface area contributed by atoms with E-state index >= 15 is 0 Å². The van der Waals surface area contributed by atoms with E-state index in [-0.39, 0.29) is 0 Å². The van der Waals surface area contributed by atoms with Crippen LogP contribution in [0.15, 0.2) is 12.3 Å². The molecule has 0 N–H and O–H groups in total. The summed E-state index contributed by atoms with van der Waals surface area (Å²) in [6.45, 7) is 1.70. The molecular weight excluding hydrogens is 272 g/mol. The number of hydrogen-bond acceptors (Lipinski definition) is 4. The monoisotopic (exact) mass is 288 g/mol. The molecule has 0 aliphatic carbocycles. The summed E-state index contributed by atoms with van der Waals surface area (Å²) in [7, 11) is 5.30. The second-order valence-electron chi connectivity index (χ2n) is 3.42. The number of halogens is 1. The topological polar surface area (TPSA) is 34.6 Å². The smallest absolute Gasteiger partial charge is 0.183 e. The molecule has 0 aromatic carbocycles. The van der Waals surface area contributed by atoms with E-state index in [1.54, 1.807) is 26.5 Å². The van der Waals surface area contributed by atoms with Gasteiger partial charge in [0, 0.05) is 30.7 Å². The standard InChI is InChI=1S/C11H17BrN2O2/c1-14(7-5-12)8-9-11(16-3)10(15-2)4-6-13-9/h4,6H,5,7-8H2,1-3H3. The predicted molar refractivity (Wildman–Crippen MR) is 67.5 cm³/mol. The number of ether oxygens (including phenoxy) is 2. The van der Waals surface area contributed by atoms with Gasteiger partial charge in [-0.1, -0.05) is 15.9 Å². The van der Waals surface area contributed by atoms with Crippen LogP contribution in [-0.2, 0) is 6.54 Å². The summed E-state index contributed by atoms with van der Waals surface area (Å²) in [4.78, 5) is 6.48. The first-order valence-electron chi connectivity index (χ1n) is 5.03. The zero-order valence-corrected chi connectivity index (χ0v) is 11.5. The minimum absolute atomic E-state index is 0.714. The summed E-state index contributed by atoms with van der Waals surface area (Å²) in [6.07, 6.45) is 1.73. The molecule has 0 spiro atoms. The molecule has 0 bridgehead atoms. The van der Waals surface area contributed by atoms with Crippen molar-refractivity contribution in [3.8, 4) is 11.5 Å². The SMILES string of the molecule is COc1ccnc(CN(C)CCBr)c1OC. The number of rotatable bonds is 6. The van der Waals surface area contributed by atoms with Crippen molar-refractivity contribution in [2.45, 2.75) is 6.54 Å². The van der Waals surface area contributed by atoms with Crippen LogP contribution < -0.4 is 9.47 Å². The Kier molecular flexibility index (Phi) is 5.55. The average molecular weight is 289 g/mol. The third-order valence-electron chi connectivity index (χ3n) is 2.25. The lowest BCUT2D eigenvalue weighted by molar-refractivity contribution is 0.317. The van der Waals surface area contributed by atoms with Crippen LogP contribution in [0.4, 0.5) is 0 Å². The molecule has 0 atom stereocenters. The Morgan fingerprint density at radius 2 is 2.12 bits per heavy atom. The lowest BCUT2D eigenvalue weighted by Crippen LogP contribution is -2.21.